The second-order valence-electron chi connectivity index (χ2n) is 4.15. The van der Waals surface area contributed by atoms with E-state index in [4.69, 9.17) is 11.6 Å². The maximum Gasteiger partial charge on any atom is 0.124 e. The maximum atomic E-state index is 5.97. The quantitative estimate of drug-likeness (QED) is 0.606. The number of halogens is 1. The first kappa shape index (κ1) is 12.8. The molecule has 0 bridgehead atoms. The zero-order valence-corrected chi connectivity index (χ0v) is 11.8. The highest BCUT2D eigenvalue weighted by molar-refractivity contribution is 7.98. The van der Waals surface area contributed by atoms with Crippen LogP contribution in [0.2, 0.25) is 0 Å². The van der Waals surface area contributed by atoms with Gasteiger partial charge in [-0.25, -0.2) is 4.98 Å². The topological polar surface area (TPSA) is 17.8 Å². The lowest BCUT2D eigenvalue weighted by molar-refractivity contribution is 0.677. The first-order valence-corrected chi connectivity index (χ1v) is 7.69. The Morgan fingerprint density at radius 1 is 1.41 bits per heavy atom. The van der Waals surface area contributed by atoms with Crippen LogP contribution in [0.5, 0.6) is 0 Å². The molecule has 0 atom stereocenters. The van der Waals surface area contributed by atoms with E-state index in [0.29, 0.717) is 5.88 Å². The van der Waals surface area contributed by atoms with Crippen LogP contribution in [0.1, 0.15) is 17.8 Å². The fourth-order valence-electron chi connectivity index (χ4n) is 2.01. The van der Waals surface area contributed by atoms with Gasteiger partial charge in [0.1, 0.15) is 5.82 Å². The van der Waals surface area contributed by atoms with Crippen molar-refractivity contribution in [2.24, 2.45) is 0 Å². The number of aromatic nitrogens is 2. The summed E-state index contributed by atoms with van der Waals surface area (Å²) >= 11 is 7.85. The lowest BCUT2D eigenvalue weighted by Gasteiger charge is -2.06. The lowest BCUT2D eigenvalue weighted by atomic mass is 10.2. The molecule has 1 aromatic heterocycles. The highest BCUT2D eigenvalue weighted by Gasteiger charge is 2.09. The SMILES string of the molecule is CSCCCn1c(CCl)nc2cc(C)ccc21. The minimum Gasteiger partial charge on any atom is -0.327 e. The van der Waals surface area contributed by atoms with Crippen LogP contribution in [0.25, 0.3) is 11.0 Å². The predicted molar refractivity (Wildman–Crippen MR) is 77.0 cm³/mol. The molecule has 1 aromatic carbocycles. The third-order valence-electron chi connectivity index (χ3n) is 2.83. The van der Waals surface area contributed by atoms with Gasteiger partial charge in [0.15, 0.2) is 0 Å². The molecule has 0 radical (unpaired) electrons. The van der Waals surface area contributed by atoms with Gasteiger partial charge >= 0.3 is 0 Å². The van der Waals surface area contributed by atoms with E-state index in [1.54, 1.807) is 0 Å². The van der Waals surface area contributed by atoms with Crippen molar-refractivity contribution in [1.82, 2.24) is 9.55 Å². The zero-order chi connectivity index (χ0) is 12.3. The largest absolute Gasteiger partial charge is 0.327 e. The number of alkyl halides is 1. The summed E-state index contributed by atoms with van der Waals surface area (Å²) < 4.78 is 2.25. The van der Waals surface area contributed by atoms with Crippen molar-refractivity contribution in [1.29, 1.82) is 0 Å². The summed E-state index contributed by atoms with van der Waals surface area (Å²) in [7, 11) is 0. The highest BCUT2D eigenvalue weighted by atomic mass is 35.5. The van der Waals surface area contributed by atoms with E-state index in [9.17, 15) is 0 Å². The fourth-order valence-corrected chi connectivity index (χ4v) is 2.63. The Balaban J connectivity index is 2.36. The number of hydrogen-bond donors (Lipinski definition) is 0. The van der Waals surface area contributed by atoms with Gasteiger partial charge in [-0.1, -0.05) is 6.07 Å². The number of rotatable bonds is 5. The molecule has 0 aliphatic heterocycles. The Kier molecular flexibility index (Phi) is 4.35. The summed E-state index contributed by atoms with van der Waals surface area (Å²) in [6.07, 6.45) is 3.29. The Labute approximate surface area is 111 Å². The molecule has 1 heterocycles. The average molecular weight is 269 g/mol. The van der Waals surface area contributed by atoms with Crippen molar-refractivity contribution in [2.45, 2.75) is 25.8 Å². The third-order valence-corrected chi connectivity index (χ3v) is 3.77. The minimum atomic E-state index is 0.479. The number of fused-ring (bicyclic) bond motifs is 1. The average Bonchev–Trinajstić information content (AvgIpc) is 2.67. The van der Waals surface area contributed by atoms with Crippen molar-refractivity contribution >= 4 is 34.4 Å². The number of hydrogen-bond acceptors (Lipinski definition) is 2. The highest BCUT2D eigenvalue weighted by Crippen LogP contribution is 2.19. The molecule has 0 saturated carbocycles. The maximum absolute atomic E-state index is 5.97. The van der Waals surface area contributed by atoms with E-state index >= 15 is 0 Å². The van der Waals surface area contributed by atoms with Gasteiger partial charge < -0.3 is 4.57 Å². The summed E-state index contributed by atoms with van der Waals surface area (Å²) in [6.45, 7) is 3.09. The molecule has 2 rings (SSSR count). The van der Waals surface area contributed by atoms with Crippen molar-refractivity contribution < 1.29 is 0 Å². The molecule has 0 unspecified atom stereocenters. The van der Waals surface area contributed by atoms with Gasteiger partial charge in [0.05, 0.1) is 16.9 Å². The summed E-state index contributed by atoms with van der Waals surface area (Å²) in [5, 5.41) is 0. The van der Waals surface area contributed by atoms with E-state index in [2.05, 4.69) is 40.9 Å². The predicted octanol–water partition coefficient (Wildman–Crippen LogP) is 3.84. The second kappa shape index (κ2) is 5.78. The summed E-state index contributed by atoms with van der Waals surface area (Å²) in [6, 6.07) is 6.40. The number of benzene rings is 1. The second-order valence-corrected chi connectivity index (χ2v) is 5.40. The number of thioether (sulfide) groups is 1. The van der Waals surface area contributed by atoms with Crippen molar-refractivity contribution in [3.63, 3.8) is 0 Å². The summed E-state index contributed by atoms with van der Waals surface area (Å²) in [5.41, 5.74) is 3.50. The minimum absolute atomic E-state index is 0.479. The van der Waals surface area contributed by atoms with Gasteiger partial charge in [-0.3, -0.25) is 0 Å². The van der Waals surface area contributed by atoms with E-state index in [0.717, 1.165) is 24.3 Å². The van der Waals surface area contributed by atoms with Crippen LogP contribution in [0.15, 0.2) is 18.2 Å². The Hall–Kier alpha value is -0.670. The molecule has 0 aliphatic rings. The van der Waals surface area contributed by atoms with Crippen LogP contribution < -0.4 is 0 Å². The number of imidazole rings is 1. The third kappa shape index (κ3) is 2.78. The van der Waals surface area contributed by atoms with Crippen molar-refractivity contribution in [2.75, 3.05) is 12.0 Å². The standard InChI is InChI=1S/C13H17ClN2S/c1-10-4-5-12-11(8-10)15-13(9-14)16(12)6-3-7-17-2/h4-5,8H,3,6-7,9H2,1-2H3. The molecule has 0 saturated heterocycles. The van der Waals surface area contributed by atoms with Gasteiger partial charge in [-0.2, -0.15) is 11.8 Å². The van der Waals surface area contributed by atoms with Crippen molar-refractivity contribution in [3.05, 3.63) is 29.6 Å². The monoisotopic (exact) mass is 268 g/mol. The van der Waals surface area contributed by atoms with Crippen LogP contribution >= 0.6 is 23.4 Å². The van der Waals surface area contributed by atoms with Gasteiger partial charge in [-0.15, -0.1) is 11.6 Å². The number of nitrogens with zero attached hydrogens (tertiary/aromatic N) is 2. The van der Waals surface area contributed by atoms with E-state index in [-0.39, 0.29) is 0 Å². The van der Waals surface area contributed by atoms with E-state index in [1.807, 2.05) is 11.8 Å². The van der Waals surface area contributed by atoms with E-state index in [1.165, 1.54) is 16.8 Å². The molecule has 17 heavy (non-hydrogen) atoms. The smallest absolute Gasteiger partial charge is 0.124 e. The molecular formula is C13H17ClN2S. The molecule has 0 N–H and O–H groups in total. The molecule has 4 heteroatoms. The van der Waals surface area contributed by atoms with Gasteiger partial charge in [0.2, 0.25) is 0 Å². The zero-order valence-electron chi connectivity index (χ0n) is 10.2. The molecule has 2 aromatic rings. The Morgan fingerprint density at radius 3 is 2.94 bits per heavy atom. The number of aryl methyl sites for hydroxylation is 2. The fraction of sp³-hybridized carbons (Fsp3) is 0.462. The lowest BCUT2D eigenvalue weighted by Crippen LogP contribution is -2.03. The first-order valence-electron chi connectivity index (χ1n) is 5.77. The van der Waals surface area contributed by atoms with Crippen LogP contribution in [0.4, 0.5) is 0 Å². The first-order chi connectivity index (χ1) is 8.26. The molecule has 0 spiro atoms. The van der Waals surface area contributed by atoms with Crippen LogP contribution in [0.3, 0.4) is 0 Å². The molecule has 0 aliphatic carbocycles. The van der Waals surface area contributed by atoms with Gasteiger partial charge in [0.25, 0.3) is 0 Å². The van der Waals surface area contributed by atoms with Crippen LogP contribution in [-0.4, -0.2) is 21.6 Å². The van der Waals surface area contributed by atoms with Gasteiger partial charge in [-0.05, 0) is 43.0 Å². The van der Waals surface area contributed by atoms with Crippen molar-refractivity contribution in [3.8, 4) is 0 Å². The Bertz CT molecular complexity index is 507. The van der Waals surface area contributed by atoms with Gasteiger partial charge in [0, 0.05) is 6.54 Å². The summed E-state index contributed by atoms with van der Waals surface area (Å²) in [5.74, 6) is 2.63. The van der Waals surface area contributed by atoms with E-state index < -0.39 is 0 Å². The normalized spacial score (nSPS) is 11.2. The molecule has 0 amide bonds. The molecule has 92 valence electrons. The van der Waals surface area contributed by atoms with Crippen LogP contribution in [-0.2, 0) is 12.4 Å². The molecule has 2 nitrogen and oxygen atoms in total. The summed E-state index contributed by atoms with van der Waals surface area (Å²) in [4.78, 5) is 4.59. The Morgan fingerprint density at radius 2 is 2.24 bits per heavy atom. The van der Waals surface area contributed by atoms with Crippen LogP contribution in [0, 0.1) is 6.92 Å². The molecular weight excluding hydrogens is 252 g/mol. The molecule has 0 fully saturated rings.